The van der Waals surface area contributed by atoms with Crippen LogP contribution < -0.4 is 4.74 Å². The van der Waals surface area contributed by atoms with E-state index in [-0.39, 0.29) is 0 Å². The zero-order chi connectivity index (χ0) is 18.9. The van der Waals surface area contributed by atoms with Crippen molar-refractivity contribution in [1.29, 1.82) is 0 Å². The molecule has 3 aromatic rings. The van der Waals surface area contributed by atoms with Crippen LogP contribution in [0.15, 0.2) is 84.9 Å². The molecule has 0 heterocycles. The molecule has 1 N–H and O–H groups in total. The highest BCUT2D eigenvalue weighted by Crippen LogP contribution is 2.21. The molecular formula is C24H27NO2. The number of hydrogen-bond acceptors (Lipinski definition) is 3. The van der Waals surface area contributed by atoms with Crippen LogP contribution in [0, 0.1) is 0 Å². The van der Waals surface area contributed by atoms with Gasteiger partial charge in [0.1, 0.15) is 5.75 Å². The number of aliphatic hydroxyl groups excluding tert-OH is 1. The first-order valence-electron chi connectivity index (χ1n) is 9.35. The van der Waals surface area contributed by atoms with Crippen LogP contribution in [0.25, 0.3) is 0 Å². The molecule has 0 unspecified atom stereocenters. The molecule has 0 aromatic heterocycles. The molecule has 3 aromatic carbocycles. The van der Waals surface area contributed by atoms with Crippen molar-refractivity contribution >= 4 is 0 Å². The zero-order valence-electron chi connectivity index (χ0n) is 15.8. The topological polar surface area (TPSA) is 32.7 Å². The molecule has 0 saturated carbocycles. The first-order chi connectivity index (χ1) is 13.2. The molecule has 3 heteroatoms. The fourth-order valence-electron chi connectivity index (χ4n) is 3.35. The molecule has 0 amide bonds. The SMILES string of the molecule is COc1ccccc1CN(Cc1ccccc1)C[C@H](O)Cc1ccccc1. The van der Waals surface area contributed by atoms with Gasteiger partial charge in [-0.1, -0.05) is 78.9 Å². The molecule has 3 rings (SSSR count). The summed E-state index contributed by atoms with van der Waals surface area (Å²) in [4.78, 5) is 2.28. The maximum Gasteiger partial charge on any atom is 0.123 e. The monoisotopic (exact) mass is 361 g/mol. The average molecular weight is 361 g/mol. The molecule has 140 valence electrons. The normalized spacial score (nSPS) is 12.1. The van der Waals surface area contributed by atoms with E-state index in [1.165, 1.54) is 5.56 Å². The Morgan fingerprint density at radius 1 is 0.778 bits per heavy atom. The lowest BCUT2D eigenvalue weighted by atomic mass is 10.1. The Labute approximate surface area is 161 Å². The van der Waals surface area contributed by atoms with E-state index in [9.17, 15) is 5.11 Å². The van der Waals surface area contributed by atoms with Crippen molar-refractivity contribution in [3.63, 3.8) is 0 Å². The molecule has 0 aliphatic rings. The molecular weight excluding hydrogens is 334 g/mol. The highest BCUT2D eigenvalue weighted by Gasteiger charge is 2.15. The molecule has 0 saturated heterocycles. The molecule has 0 spiro atoms. The maximum atomic E-state index is 10.7. The highest BCUT2D eigenvalue weighted by molar-refractivity contribution is 5.33. The summed E-state index contributed by atoms with van der Waals surface area (Å²) in [7, 11) is 1.70. The van der Waals surface area contributed by atoms with E-state index in [0.29, 0.717) is 13.0 Å². The molecule has 27 heavy (non-hydrogen) atoms. The molecule has 3 nitrogen and oxygen atoms in total. The summed E-state index contributed by atoms with van der Waals surface area (Å²) in [5.41, 5.74) is 3.52. The predicted molar refractivity (Wildman–Crippen MR) is 110 cm³/mol. The summed E-state index contributed by atoms with van der Waals surface area (Å²) in [6.07, 6.45) is 0.226. The third-order valence-corrected chi connectivity index (χ3v) is 4.62. The van der Waals surface area contributed by atoms with Gasteiger partial charge in [-0.3, -0.25) is 4.90 Å². The van der Waals surface area contributed by atoms with Gasteiger partial charge in [-0.15, -0.1) is 0 Å². The van der Waals surface area contributed by atoms with Gasteiger partial charge >= 0.3 is 0 Å². The standard InChI is InChI=1S/C24H27NO2/c1-27-24-15-9-8-14-22(24)18-25(17-21-12-6-3-7-13-21)19-23(26)16-20-10-4-2-5-11-20/h2-15,23,26H,16-19H2,1H3/t23-/m1/s1. The Kier molecular flexibility index (Phi) is 7.03. The second-order valence-corrected chi connectivity index (χ2v) is 6.81. The van der Waals surface area contributed by atoms with Crippen molar-refractivity contribution in [1.82, 2.24) is 4.90 Å². The Balaban J connectivity index is 1.72. The van der Waals surface area contributed by atoms with Gasteiger partial charge in [0.25, 0.3) is 0 Å². The lowest BCUT2D eigenvalue weighted by molar-refractivity contribution is 0.104. The van der Waals surface area contributed by atoms with E-state index in [0.717, 1.165) is 30.0 Å². The van der Waals surface area contributed by atoms with Gasteiger partial charge < -0.3 is 9.84 Å². The molecule has 0 fully saturated rings. The van der Waals surface area contributed by atoms with Gasteiger partial charge in [0.05, 0.1) is 13.2 Å². The maximum absolute atomic E-state index is 10.7. The molecule has 1 atom stereocenters. The minimum Gasteiger partial charge on any atom is -0.496 e. The Morgan fingerprint density at radius 2 is 1.37 bits per heavy atom. The summed E-state index contributed by atoms with van der Waals surface area (Å²) >= 11 is 0. The number of methoxy groups -OCH3 is 1. The Bertz CT molecular complexity index is 805. The second kappa shape index (κ2) is 9.91. The summed E-state index contributed by atoms with van der Waals surface area (Å²) in [6.45, 7) is 2.11. The second-order valence-electron chi connectivity index (χ2n) is 6.81. The minimum absolute atomic E-state index is 0.425. The van der Waals surface area contributed by atoms with Gasteiger partial charge in [0, 0.05) is 25.2 Å². The van der Waals surface area contributed by atoms with Crippen molar-refractivity contribution < 1.29 is 9.84 Å². The zero-order valence-corrected chi connectivity index (χ0v) is 15.8. The first kappa shape index (κ1) is 19.2. The molecule has 0 radical (unpaired) electrons. The number of rotatable bonds is 9. The fraction of sp³-hybridized carbons (Fsp3) is 0.250. The summed E-state index contributed by atoms with van der Waals surface area (Å²) in [6, 6.07) is 28.6. The predicted octanol–water partition coefficient (Wildman–Crippen LogP) is 4.30. The van der Waals surface area contributed by atoms with Gasteiger partial charge in [-0.25, -0.2) is 0 Å². The van der Waals surface area contributed by atoms with Crippen LogP contribution in [-0.4, -0.2) is 29.8 Å². The van der Waals surface area contributed by atoms with Crippen molar-refractivity contribution in [3.8, 4) is 5.75 Å². The molecule has 0 aliphatic carbocycles. The smallest absolute Gasteiger partial charge is 0.123 e. The van der Waals surface area contributed by atoms with E-state index >= 15 is 0 Å². The van der Waals surface area contributed by atoms with E-state index < -0.39 is 6.10 Å². The van der Waals surface area contributed by atoms with Crippen LogP contribution in [0.3, 0.4) is 0 Å². The highest BCUT2D eigenvalue weighted by atomic mass is 16.5. The van der Waals surface area contributed by atoms with Gasteiger partial charge in [0.15, 0.2) is 0 Å². The van der Waals surface area contributed by atoms with Crippen LogP contribution in [-0.2, 0) is 19.5 Å². The number of para-hydroxylation sites is 1. The van der Waals surface area contributed by atoms with E-state index in [4.69, 9.17) is 4.74 Å². The number of nitrogens with zero attached hydrogens (tertiary/aromatic N) is 1. The number of ether oxygens (including phenoxy) is 1. The number of hydrogen-bond donors (Lipinski definition) is 1. The minimum atomic E-state index is -0.425. The lowest BCUT2D eigenvalue weighted by Crippen LogP contribution is -2.33. The lowest BCUT2D eigenvalue weighted by Gasteiger charge is -2.26. The van der Waals surface area contributed by atoms with Crippen molar-refractivity contribution in [3.05, 3.63) is 102 Å². The first-order valence-corrected chi connectivity index (χ1v) is 9.35. The summed E-state index contributed by atoms with van der Waals surface area (Å²) < 4.78 is 5.51. The van der Waals surface area contributed by atoms with Crippen molar-refractivity contribution in [2.45, 2.75) is 25.6 Å². The van der Waals surface area contributed by atoms with Crippen molar-refractivity contribution in [2.24, 2.45) is 0 Å². The van der Waals surface area contributed by atoms with Crippen LogP contribution in [0.2, 0.25) is 0 Å². The number of benzene rings is 3. The van der Waals surface area contributed by atoms with Gasteiger partial charge in [-0.2, -0.15) is 0 Å². The Morgan fingerprint density at radius 3 is 2.04 bits per heavy atom. The third-order valence-electron chi connectivity index (χ3n) is 4.62. The van der Waals surface area contributed by atoms with Crippen molar-refractivity contribution in [2.75, 3.05) is 13.7 Å². The number of aliphatic hydroxyl groups is 1. The van der Waals surface area contributed by atoms with Gasteiger partial charge in [-0.05, 0) is 23.6 Å². The van der Waals surface area contributed by atoms with Crippen LogP contribution >= 0.6 is 0 Å². The third kappa shape index (κ3) is 5.95. The quantitative estimate of drug-likeness (QED) is 0.617. The van der Waals surface area contributed by atoms with Gasteiger partial charge in [0.2, 0.25) is 0 Å². The molecule has 0 aliphatic heterocycles. The fourth-order valence-corrected chi connectivity index (χ4v) is 3.35. The van der Waals surface area contributed by atoms with E-state index in [2.05, 4.69) is 47.4 Å². The molecule has 0 bridgehead atoms. The van der Waals surface area contributed by atoms with Crippen LogP contribution in [0.4, 0.5) is 0 Å². The largest absolute Gasteiger partial charge is 0.496 e. The van der Waals surface area contributed by atoms with Crippen LogP contribution in [0.5, 0.6) is 5.75 Å². The van der Waals surface area contributed by atoms with E-state index in [1.54, 1.807) is 7.11 Å². The summed E-state index contributed by atoms with van der Waals surface area (Å²) in [5.74, 6) is 0.883. The van der Waals surface area contributed by atoms with E-state index in [1.807, 2.05) is 42.5 Å². The average Bonchev–Trinajstić information content (AvgIpc) is 2.70. The Hall–Kier alpha value is -2.62. The summed E-state index contributed by atoms with van der Waals surface area (Å²) in [5, 5.41) is 10.7. The van der Waals surface area contributed by atoms with Crippen LogP contribution in [0.1, 0.15) is 16.7 Å².